The van der Waals surface area contributed by atoms with Crippen molar-refractivity contribution in [2.75, 3.05) is 13.1 Å². The first-order valence-corrected chi connectivity index (χ1v) is 9.98. The number of amides is 2. The van der Waals surface area contributed by atoms with Crippen LogP contribution in [-0.4, -0.2) is 48.1 Å². The minimum Gasteiger partial charge on any atom is -0.445 e. The van der Waals surface area contributed by atoms with E-state index in [1.165, 1.54) is 0 Å². The summed E-state index contributed by atoms with van der Waals surface area (Å²) in [5.41, 5.74) is 7.10. The number of hydrogen-bond donors (Lipinski definition) is 3. The third-order valence-corrected chi connectivity index (χ3v) is 6.78. The maximum absolute atomic E-state index is 12.7. The number of hydrazine groups is 1. The number of nitrogens with one attached hydrogen (secondary N) is 3. The number of hydrogen-bond acceptors (Lipinski definition) is 5. The average molecular weight is 370 g/mol. The predicted octanol–water partition coefficient (Wildman–Crippen LogP) is 1.01. The van der Waals surface area contributed by atoms with E-state index in [2.05, 4.69) is 16.2 Å². The molecule has 3 saturated heterocycles. The van der Waals surface area contributed by atoms with Crippen molar-refractivity contribution in [3.63, 3.8) is 0 Å². The molecule has 4 aliphatic rings. The van der Waals surface area contributed by atoms with Crippen LogP contribution in [0.5, 0.6) is 0 Å². The third kappa shape index (κ3) is 2.99. The Bertz CT molecular complexity index is 727. The van der Waals surface area contributed by atoms with Gasteiger partial charge in [0.25, 0.3) is 0 Å². The Kier molecular flexibility index (Phi) is 4.28. The average Bonchev–Trinajstić information content (AvgIpc) is 3.02. The number of rotatable bonds is 2. The Morgan fingerprint density at radius 3 is 2.74 bits per heavy atom. The fourth-order valence-corrected chi connectivity index (χ4v) is 5.67. The molecule has 3 heterocycles. The minimum atomic E-state index is -0.289. The standard InChI is InChI=1S/C20H26N4O3/c25-19-13-7-4-8-14-17(13)18-15(21-14)9-24(10-16(18)22-23-19)20(26)27-11-12-5-2-1-3-6-12/h1-3,5-6,13-18,21-22H,4,7-11H2,(H,23,25). The molecule has 6 unspecified atom stereocenters. The zero-order valence-electron chi connectivity index (χ0n) is 15.3. The molecule has 5 rings (SSSR count). The molecular formula is C20H26N4O3. The molecule has 27 heavy (non-hydrogen) atoms. The van der Waals surface area contributed by atoms with Crippen LogP contribution in [0.15, 0.2) is 30.3 Å². The SMILES string of the molecule is O=C1NNC2CN(C(=O)OCc3ccccc3)CC3NC4CCCC1C4C23. The number of ether oxygens (including phenoxy) is 1. The molecule has 0 radical (unpaired) electrons. The van der Waals surface area contributed by atoms with Crippen LogP contribution < -0.4 is 16.2 Å². The van der Waals surface area contributed by atoms with Gasteiger partial charge in [0.2, 0.25) is 5.91 Å². The minimum absolute atomic E-state index is 0.0579. The van der Waals surface area contributed by atoms with E-state index < -0.39 is 0 Å². The van der Waals surface area contributed by atoms with Crippen molar-refractivity contribution in [2.24, 2.45) is 17.8 Å². The number of carbonyl (C=O) groups is 2. The van der Waals surface area contributed by atoms with Crippen LogP contribution in [0.2, 0.25) is 0 Å². The van der Waals surface area contributed by atoms with Gasteiger partial charge < -0.3 is 15.0 Å². The molecule has 0 bridgehead atoms. The van der Waals surface area contributed by atoms with Gasteiger partial charge in [-0.25, -0.2) is 10.2 Å². The molecule has 2 amide bonds. The van der Waals surface area contributed by atoms with Crippen molar-refractivity contribution in [2.45, 2.75) is 44.0 Å². The van der Waals surface area contributed by atoms with E-state index >= 15 is 0 Å². The summed E-state index contributed by atoms with van der Waals surface area (Å²) in [6, 6.07) is 10.4. The first-order valence-electron chi connectivity index (χ1n) is 9.98. The molecule has 1 saturated carbocycles. The molecule has 0 spiro atoms. The smallest absolute Gasteiger partial charge is 0.410 e. The van der Waals surface area contributed by atoms with Crippen molar-refractivity contribution >= 4 is 12.0 Å². The molecule has 3 N–H and O–H groups in total. The zero-order chi connectivity index (χ0) is 18.4. The lowest BCUT2D eigenvalue weighted by Crippen LogP contribution is -2.61. The van der Waals surface area contributed by atoms with Gasteiger partial charge in [0.05, 0.1) is 0 Å². The normalized spacial score (nSPS) is 37.2. The Morgan fingerprint density at radius 2 is 1.89 bits per heavy atom. The molecule has 6 atom stereocenters. The molecule has 7 nitrogen and oxygen atoms in total. The second kappa shape index (κ2) is 6.80. The number of benzene rings is 1. The van der Waals surface area contributed by atoms with Crippen LogP contribution in [0.1, 0.15) is 24.8 Å². The lowest BCUT2D eigenvalue weighted by Gasteiger charge is -2.41. The van der Waals surface area contributed by atoms with Crippen LogP contribution >= 0.6 is 0 Å². The fraction of sp³-hybridized carbons (Fsp3) is 0.600. The Morgan fingerprint density at radius 1 is 1.07 bits per heavy atom. The molecular weight excluding hydrogens is 344 g/mol. The molecule has 144 valence electrons. The van der Waals surface area contributed by atoms with Gasteiger partial charge >= 0.3 is 6.09 Å². The van der Waals surface area contributed by atoms with Crippen molar-refractivity contribution in [1.29, 1.82) is 0 Å². The number of nitrogens with zero attached hydrogens (tertiary/aromatic N) is 1. The van der Waals surface area contributed by atoms with E-state index in [1.807, 2.05) is 30.3 Å². The highest BCUT2D eigenvalue weighted by Crippen LogP contribution is 2.45. The topological polar surface area (TPSA) is 82.7 Å². The molecule has 7 heteroatoms. The molecule has 4 fully saturated rings. The van der Waals surface area contributed by atoms with Crippen molar-refractivity contribution in [3.05, 3.63) is 35.9 Å². The zero-order valence-corrected chi connectivity index (χ0v) is 15.3. The highest BCUT2D eigenvalue weighted by Gasteiger charge is 2.56. The summed E-state index contributed by atoms with van der Waals surface area (Å²) in [5, 5.41) is 3.73. The summed E-state index contributed by atoms with van der Waals surface area (Å²) >= 11 is 0. The highest BCUT2D eigenvalue weighted by atomic mass is 16.6. The number of piperidine rings is 1. The van der Waals surface area contributed by atoms with Gasteiger partial charge in [-0.3, -0.25) is 10.2 Å². The lowest BCUT2D eigenvalue weighted by molar-refractivity contribution is -0.128. The summed E-state index contributed by atoms with van der Waals surface area (Å²) in [4.78, 5) is 27.0. The molecule has 1 aliphatic carbocycles. The Labute approximate surface area is 158 Å². The molecule has 3 aliphatic heterocycles. The Hall–Kier alpha value is -2.12. The van der Waals surface area contributed by atoms with E-state index in [0.717, 1.165) is 24.8 Å². The van der Waals surface area contributed by atoms with E-state index in [0.29, 0.717) is 31.0 Å². The fourth-order valence-electron chi connectivity index (χ4n) is 5.67. The van der Waals surface area contributed by atoms with Crippen LogP contribution in [0.4, 0.5) is 4.79 Å². The summed E-state index contributed by atoms with van der Waals surface area (Å²) < 4.78 is 5.54. The summed E-state index contributed by atoms with van der Waals surface area (Å²) in [5.74, 6) is 0.934. The van der Waals surface area contributed by atoms with Crippen LogP contribution in [0.3, 0.4) is 0 Å². The molecule has 1 aromatic carbocycles. The van der Waals surface area contributed by atoms with Gasteiger partial charge in [0, 0.05) is 37.1 Å². The molecule has 1 aromatic rings. The molecule has 0 aromatic heterocycles. The van der Waals surface area contributed by atoms with E-state index in [-0.39, 0.29) is 36.6 Å². The number of carbonyl (C=O) groups excluding carboxylic acids is 2. The van der Waals surface area contributed by atoms with Gasteiger partial charge in [-0.2, -0.15) is 0 Å². The second-order valence-electron chi connectivity index (χ2n) is 8.26. The first kappa shape index (κ1) is 17.0. The van der Waals surface area contributed by atoms with Crippen LogP contribution in [0, 0.1) is 17.8 Å². The summed E-state index contributed by atoms with van der Waals surface area (Å²) in [7, 11) is 0. The maximum atomic E-state index is 12.7. The van der Waals surface area contributed by atoms with Gasteiger partial charge in [0.1, 0.15) is 6.61 Å². The van der Waals surface area contributed by atoms with Gasteiger partial charge in [-0.15, -0.1) is 0 Å². The Balaban J connectivity index is 1.30. The van der Waals surface area contributed by atoms with E-state index in [1.54, 1.807) is 4.90 Å². The van der Waals surface area contributed by atoms with Gasteiger partial charge in [0.15, 0.2) is 0 Å². The lowest BCUT2D eigenvalue weighted by atomic mass is 9.68. The number of likely N-dealkylation sites (tertiary alicyclic amines) is 1. The van der Waals surface area contributed by atoms with Gasteiger partial charge in [-0.1, -0.05) is 36.8 Å². The largest absolute Gasteiger partial charge is 0.445 e. The van der Waals surface area contributed by atoms with Crippen molar-refractivity contribution < 1.29 is 14.3 Å². The predicted molar refractivity (Wildman–Crippen MR) is 98.3 cm³/mol. The van der Waals surface area contributed by atoms with E-state index in [9.17, 15) is 9.59 Å². The van der Waals surface area contributed by atoms with Crippen LogP contribution in [-0.2, 0) is 16.1 Å². The monoisotopic (exact) mass is 370 g/mol. The quantitative estimate of drug-likeness (QED) is 0.724. The van der Waals surface area contributed by atoms with Gasteiger partial charge in [-0.05, 0) is 30.2 Å². The van der Waals surface area contributed by atoms with Crippen LogP contribution in [0.25, 0.3) is 0 Å². The second-order valence-corrected chi connectivity index (χ2v) is 8.26. The highest BCUT2D eigenvalue weighted by molar-refractivity contribution is 5.79. The summed E-state index contributed by atoms with van der Waals surface area (Å²) in [6.07, 6.45) is 2.88. The maximum Gasteiger partial charge on any atom is 0.410 e. The van der Waals surface area contributed by atoms with Crippen molar-refractivity contribution in [3.8, 4) is 0 Å². The van der Waals surface area contributed by atoms with E-state index in [4.69, 9.17) is 4.74 Å². The van der Waals surface area contributed by atoms with Crippen molar-refractivity contribution in [1.82, 2.24) is 21.1 Å². The third-order valence-electron chi connectivity index (χ3n) is 6.78. The first-order chi connectivity index (χ1) is 13.2. The summed E-state index contributed by atoms with van der Waals surface area (Å²) in [6.45, 7) is 1.48.